The molecule has 2 aromatic rings. The molecule has 2 aromatic heterocycles. The molecule has 3 heterocycles. The van der Waals surface area contributed by atoms with Gasteiger partial charge in [-0.25, -0.2) is 13.9 Å². The van der Waals surface area contributed by atoms with E-state index in [2.05, 4.69) is 15.4 Å². The summed E-state index contributed by atoms with van der Waals surface area (Å²) >= 11 is 0. The summed E-state index contributed by atoms with van der Waals surface area (Å²) in [6.45, 7) is 3.33. The molecule has 1 N–H and O–H groups in total. The van der Waals surface area contributed by atoms with Crippen LogP contribution >= 0.6 is 0 Å². The van der Waals surface area contributed by atoms with Crippen molar-refractivity contribution in [1.82, 2.24) is 19.9 Å². The van der Waals surface area contributed by atoms with Crippen LogP contribution in [0.4, 0.5) is 4.39 Å². The van der Waals surface area contributed by atoms with Crippen LogP contribution in [0, 0.1) is 6.92 Å². The molecule has 1 aliphatic rings. The van der Waals surface area contributed by atoms with Gasteiger partial charge >= 0.3 is 0 Å². The summed E-state index contributed by atoms with van der Waals surface area (Å²) in [5.41, 5.74) is 2.97. The molecule has 2 atom stereocenters. The lowest BCUT2D eigenvalue weighted by atomic mass is 9.87. The minimum absolute atomic E-state index is 0.0233. The molecule has 0 unspecified atom stereocenters. The Morgan fingerprint density at radius 1 is 1.53 bits per heavy atom. The maximum Gasteiger partial charge on any atom is 0.155 e. The van der Waals surface area contributed by atoms with E-state index in [1.54, 1.807) is 4.52 Å². The lowest BCUT2D eigenvalue weighted by molar-refractivity contribution is 0.230. The quantitative estimate of drug-likeness (QED) is 0.812. The minimum Gasteiger partial charge on any atom is -0.314 e. The van der Waals surface area contributed by atoms with Crippen molar-refractivity contribution in [3.05, 3.63) is 29.7 Å². The van der Waals surface area contributed by atoms with Gasteiger partial charge < -0.3 is 5.32 Å². The number of piperidine rings is 1. The summed E-state index contributed by atoms with van der Waals surface area (Å²) in [5.74, 6) is -0.0233. The van der Waals surface area contributed by atoms with Crippen molar-refractivity contribution in [3.63, 3.8) is 0 Å². The Kier molecular flexibility index (Phi) is 2.55. The zero-order chi connectivity index (χ0) is 11.8. The van der Waals surface area contributed by atoms with Crippen LogP contribution in [-0.4, -0.2) is 33.9 Å². The first-order valence-electron chi connectivity index (χ1n) is 5.90. The Bertz CT molecular complexity index is 536. The second kappa shape index (κ2) is 4.07. The van der Waals surface area contributed by atoms with E-state index in [1.165, 1.54) is 6.33 Å². The predicted molar refractivity (Wildman–Crippen MR) is 62.8 cm³/mol. The highest BCUT2D eigenvalue weighted by atomic mass is 19.1. The van der Waals surface area contributed by atoms with E-state index in [9.17, 15) is 4.39 Å². The van der Waals surface area contributed by atoms with Gasteiger partial charge in [-0.15, -0.1) is 0 Å². The maximum atomic E-state index is 13.9. The van der Waals surface area contributed by atoms with Crippen LogP contribution in [0.5, 0.6) is 0 Å². The molecule has 0 amide bonds. The number of hydrogen-bond acceptors (Lipinski definition) is 3. The molecule has 5 heteroatoms. The lowest BCUT2D eigenvalue weighted by Gasteiger charge is -2.28. The lowest BCUT2D eigenvalue weighted by Crippen LogP contribution is -2.37. The van der Waals surface area contributed by atoms with Gasteiger partial charge in [-0.05, 0) is 37.1 Å². The monoisotopic (exact) mass is 234 g/mol. The number of aryl methyl sites for hydroxylation is 1. The van der Waals surface area contributed by atoms with Gasteiger partial charge in [-0.3, -0.25) is 0 Å². The fourth-order valence-corrected chi connectivity index (χ4v) is 2.53. The van der Waals surface area contributed by atoms with Crippen molar-refractivity contribution in [2.24, 2.45) is 0 Å². The van der Waals surface area contributed by atoms with Crippen molar-refractivity contribution >= 4 is 5.65 Å². The molecule has 0 saturated carbocycles. The summed E-state index contributed by atoms with van der Waals surface area (Å²) in [6, 6.07) is 1.97. The van der Waals surface area contributed by atoms with Gasteiger partial charge in [0, 0.05) is 18.7 Å². The van der Waals surface area contributed by atoms with Crippen molar-refractivity contribution in [2.45, 2.75) is 25.4 Å². The first-order valence-corrected chi connectivity index (χ1v) is 5.90. The molecular formula is C12H15FN4. The van der Waals surface area contributed by atoms with Crippen molar-refractivity contribution in [1.29, 1.82) is 0 Å². The van der Waals surface area contributed by atoms with Gasteiger partial charge in [0.15, 0.2) is 5.65 Å². The zero-order valence-corrected chi connectivity index (χ0v) is 9.73. The van der Waals surface area contributed by atoms with E-state index in [1.807, 2.05) is 19.2 Å². The number of fused-ring (bicyclic) bond motifs is 1. The van der Waals surface area contributed by atoms with Gasteiger partial charge in [0.2, 0.25) is 0 Å². The fraction of sp³-hybridized carbons (Fsp3) is 0.500. The normalized spacial score (nSPS) is 25.3. The Balaban J connectivity index is 2.05. The van der Waals surface area contributed by atoms with E-state index >= 15 is 0 Å². The first kappa shape index (κ1) is 10.7. The van der Waals surface area contributed by atoms with E-state index < -0.39 is 6.17 Å². The van der Waals surface area contributed by atoms with Crippen LogP contribution in [0.25, 0.3) is 5.65 Å². The Hall–Kier alpha value is -1.49. The third-order valence-corrected chi connectivity index (χ3v) is 3.47. The summed E-state index contributed by atoms with van der Waals surface area (Å²) < 4.78 is 15.7. The third-order valence-electron chi connectivity index (χ3n) is 3.47. The number of hydrogen-bond donors (Lipinski definition) is 1. The molecule has 4 nitrogen and oxygen atoms in total. The van der Waals surface area contributed by atoms with Crippen molar-refractivity contribution in [2.75, 3.05) is 13.1 Å². The van der Waals surface area contributed by atoms with Gasteiger partial charge in [0.25, 0.3) is 0 Å². The van der Waals surface area contributed by atoms with Gasteiger partial charge in [-0.2, -0.15) is 5.10 Å². The maximum absolute atomic E-state index is 13.9. The molecule has 0 aromatic carbocycles. The topological polar surface area (TPSA) is 42.2 Å². The minimum atomic E-state index is -0.816. The third kappa shape index (κ3) is 1.80. The molecule has 1 saturated heterocycles. The van der Waals surface area contributed by atoms with E-state index in [0.29, 0.717) is 6.54 Å². The summed E-state index contributed by atoms with van der Waals surface area (Å²) in [6.07, 6.45) is 3.46. The second-order valence-corrected chi connectivity index (χ2v) is 4.59. The molecule has 0 aliphatic carbocycles. The molecule has 1 fully saturated rings. The first-order chi connectivity index (χ1) is 8.25. The average Bonchev–Trinajstić information content (AvgIpc) is 2.76. The Morgan fingerprint density at radius 3 is 3.24 bits per heavy atom. The van der Waals surface area contributed by atoms with Crippen LogP contribution in [0.15, 0.2) is 18.6 Å². The standard InChI is InChI=1S/C12H15FN4/c1-8-4-12-15-7-16-17(12)6-10(8)9-2-3-14-5-11(9)13/h4,6-7,9,11,14H,2-3,5H2,1H3/t9-,11+/m0/s1. The van der Waals surface area contributed by atoms with E-state index in [0.717, 1.165) is 29.7 Å². The number of nitrogens with zero attached hydrogens (tertiary/aromatic N) is 3. The average molecular weight is 234 g/mol. The van der Waals surface area contributed by atoms with Gasteiger partial charge in [-0.1, -0.05) is 0 Å². The highest BCUT2D eigenvalue weighted by Gasteiger charge is 2.27. The van der Waals surface area contributed by atoms with Crippen molar-refractivity contribution in [3.8, 4) is 0 Å². The SMILES string of the molecule is Cc1cc2ncnn2cc1[C@@H]1CCNC[C@H]1F. The highest BCUT2D eigenvalue weighted by molar-refractivity contribution is 5.44. The van der Waals surface area contributed by atoms with Crippen LogP contribution < -0.4 is 5.32 Å². The number of rotatable bonds is 1. The van der Waals surface area contributed by atoms with Gasteiger partial charge in [0.1, 0.15) is 12.5 Å². The number of aromatic nitrogens is 3. The predicted octanol–water partition coefficient (Wildman–Crippen LogP) is 1.45. The number of halogens is 1. The zero-order valence-electron chi connectivity index (χ0n) is 9.73. The number of nitrogens with one attached hydrogen (secondary N) is 1. The molecular weight excluding hydrogens is 219 g/mol. The highest BCUT2D eigenvalue weighted by Crippen LogP contribution is 2.30. The van der Waals surface area contributed by atoms with Crippen molar-refractivity contribution < 1.29 is 4.39 Å². The summed E-state index contributed by atoms with van der Waals surface area (Å²) in [7, 11) is 0. The molecule has 17 heavy (non-hydrogen) atoms. The molecule has 3 rings (SSSR count). The molecule has 0 radical (unpaired) electrons. The number of alkyl halides is 1. The fourth-order valence-electron chi connectivity index (χ4n) is 2.53. The Morgan fingerprint density at radius 2 is 2.41 bits per heavy atom. The number of pyridine rings is 1. The smallest absolute Gasteiger partial charge is 0.155 e. The van der Waals surface area contributed by atoms with Gasteiger partial charge in [0.05, 0.1) is 0 Å². The molecule has 0 spiro atoms. The van der Waals surface area contributed by atoms with Crippen LogP contribution in [0.2, 0.25) is 0 Å². The Labute approximate surface area is 98.9 Å². The van der Waals surface area contributed by atoms with E-state index in [-0.39, 0.29) is 5.92 Å². The van der Waals surface area contributed by atoms with Crippen LogP contribution in [0.1, 0.15) is 23.5 Å². The molecule has 1 aliphatic heterocycles. The molecule has 90 valence electrons. The summed E-state index contributed by atoms with van der Waals surface area (Å²) in [5, 5.41) is 7.18. The van der Waals surface area contributed by atoms with E-state index in [4.69, 9.17) is 0 Å². The summed E-state index contributed by atoms with van der Waals surface area (Å²) in [4.78, 5) is 4.13. The second-order valence-electron chi connectivity index (χ2n) is 4.59. The largest absolute Gasteiger partial charge is 0.314 e. The van der Waals surface area contributed by atoms with Crippen LogP contribution in [0.3, 0.4) is 0 Å². The molecule has 0 bridgehead atoms. The van der Waals surface area contributed by atoms with Crippen LogP contribution in [-0.2, 0) is 0 Å².